The monoisotopic (exact) mass is 418 g/mol. The fraction of sp³-hybridized carbons (Fsp3) is 0.591. The van der Waals surface area contributed by atoms with Crippen LogP contribution in [0.15, 0.2) is 35.6 Å². The number of esters is 3. The number of carbonyl (C=O) groups excluding carboxylic acids is 3. The zero-order valence-electron chi connectivity index (χ0n) is 17.3. The van der Waals surface area contributed by atoms with Gasteiger partial charge in [0.05, 0.1) is 18.8 Å². The maximum Gasteiger partial charge on any atom is 0.334 e. The van der Waals surface area contributed by atoms with E-state index in [0.717, 1.165) is 0 Å². The minimum atomic E-state index is -1.00. The Morgan fingerprint density at radius 1 is 1.37 bits per heavy atom. The summed E-state index contributed by atoms with van der Waals surface area (Å²) in [4.78, 5) is 37.1. The number of rotatable bonds is 4. The van der Waals surface area contributed by atoms with Crippen LogP contribution in [0.4, 0.5) is 0 Å². The van der Waals surface area contributed by atoms with Crippen LogP contribution in [-0.2, 0) is 33.3 Å². The molecule has 7 atom stereocenters. The highest BCUT2D eigenvalue weighted by atomic mass is 16.6. The first kappa shape index (κ1) is 20.7. The van der Waals surface area contributed by atoms with E-state index in [4.69, 9.17) is 18.9 Å². The van der Waals surface area contributed by atoms with E-state index < -0.39 is 47.7 Å². The predicted molar refractivity (Wildman–Crippen MR) is 103 cm³/mol. The van der Waals surface area contributed by atoms with Gasteiger partial charge in [-0.1, -0.05) is 12.7 Å². The van der Waals surface area contributed by atoms with Crippen LogP contribution in [0.5, 0.6) is 0 Å². The molecule has 0 aromatic carbocycles. The van der Waals surface area contributed by atoms with Crippen molar-refractivity contribution in [1.82, 2.24) is 0 Å². The van der Waals surface area contributed by atoms with Gasteiger partial charge in [0.15, 0.2) is 12.2 Å². The van der Waals surface area contributed by atoms with Gasteiger partial charge < -0.3 is 24.1 Å². The van der Waals surface area contributed by atoms with Gasteiger partial charge in [0, 0.05) is 29.6 Å². The average molecular weight is 418 g/mol. The zero-order valence-corrected chi connectivity index (χ0v) is 17.3. The maximum absolute atomic E-state index is 12.7. The molecule has 0 amide bonds. The molecule has 1 N–H and O–H groups in total. The molecule has 8 heteroatoms. The van der Waals surface area contributed by atoms with Crippen LogP contribution in [0, 0.1) is 17.8 Å². The van der Waals surface area contributed by atoms with E-state index >= 15 is 0 Å². The molecule has 2 saturated carbocycles. The third-order valence-corrected chi connectivity index (χ3v) is 6.93. The van der Waals surface area contributed by atoms with Crippen molar-refractivity contribution in [3.63, 3.8) is 0 Å². The second-order valence-corrected chi connectivity index (χ2v) is 8.42. The summed E-state index contributed by atoms with van der Waals surface area (Å²) in [6.45, 7) is 8.25. The fourth-order valence-corrected chi connectivity index (χ4v) is 5.38. The first-order valence-electron chi connectivity index (χ1n) is 10.1. The largest absolute Gasteiger partial charge is 0.492 e. The Labute approximate surface area is 174 Å². The Hall–Kier alpha value is -2.61. The van der Waals surface area contributed by atoms with Crippen molar-refractivity contribution >= 4 is 17.9 Å². The molecule has 4 aliphatic rings. The molecule has 4 bridgehead atoms. The van der Waals surface area contributed by atoms with E-state index in [-0.39, 0.29) is 24.0 Å². The highest BCUT2D eigenvalue weighted by Crippen LogP contribution is 2.59. The van der Waals surface area contributed by atoms with Gasteiger partial charge in [-0.25, -0.2) is 9.59 Å². The van der Waals surface area contributed by atoms with Crippen molar-refractivity contribution in [3.8, 4) is 0 Å². The summed E-state index contributed by atoms with van der Waals surface area (Å²) in [7, 11) is 0. The number of aliphatic hydroxyl groups is 1. The second-order valence-electron chi connectivity index (χ2n) is 8.42. The van der Waals surface area contributed by atoms with Crippen molar-refractivity contribution in [2.75, 3.05) is 6.61 Å². The highest BCUT2D eigenvalue weighted by molar-refractivity contribution is 5.92. The third kappa shape index (κ3) is 2.88. The number of ether oxygens (including phenoxy) is 4. The van der Waals surface area contributed by atoms with E-state index in [1.807, 2.05) is 0 Å². The lowest BCUT2D eigenvalue weighted by atomic mass is 9.75. The number of aliphatic hydroxyl groups excluding tert-OH is 1. The molecule has 7 unspecified atom stereocenters. The summed E-state index contributed by atoms with van der Waals surface area (Å²) in [5.74, 6) is -2.94. The van der Waals surface area contributed by atoms with Crippen LogP contribution in [0.3, 0.4) is 0 Å². The summed E-state index contributed by atoms with van der Waals surface area (Å²) in [5, 5.41) is 10.2. The molecule has 0 aromatic heterocycles. The molecule has 2 heterocycles. The van der Waals surface area contributed by atoms with Gasteiger partial charge in [0.1, 0.15) is 11.7 Å². The third-order valence-electron chi connectivity index (χ3n) is 6.93. The van der Waals surface area contributed by atoms with Crippen molar-refractivity contribution in [3.05, 3.63) is 35.6 Å². The summed E-state index contributed by atoms with van der Waals surface area (Å²) in [5.41, 5.74) is 0.315. The normalized spacial score (nSPS) is 39.3. The van der Waals surface area contributed by atoms with Crippen LogP contribution in [0.2, 0.25) is 0 Å². The molecule has 2 aliphatic heterocycles. The molecule has 0 spiro atoms. The van der Waals surface area contributed by atoms with Gasteiger partial charge in [-0.2, -0.15) is 0 Å². The second kappa shape index (κ2) is 7.27. The van der Waals surface area contributed by atoms with Gasteiger partial charge in [0.2, 0.25) is 0 Å². The Bertz CT molecular complexity index is 870. The van der Waals surface area contributed by atoms with Crippen molar-refractivity contribution < 1.29 is 38.4 Å². The number of hydrogen-bond donors (Lipinski definition) is 1. The Kier molecular flexibility index (Phi) is 5.00. The molecular formula is C22H26O8. The molecule has 162 valence electrons. The molecule has 8 nitrogen and oxygen atoms in total. The van der Waals surface area contributed by atoms with Gasteiger partial charge in [-0.15, -0.1) is 0 Å². The Morgan fingerprint density at radius 2 is 2.10 bits per heavy atom. The molecule has 2 aliphatic carbocycles. The van der Waals surface area contributed by atoms with E-state index in [9.17, 15) is 19.5 Å². The smallest absolute Gasteiger partial charge is 0.334 e. The number of fused-ring (bicyclic) bond motifs is 1. The fourth-order valence-electron chi connectivity index (χ4n) is 5.38. The molecule has 30 heavy (non-hydrogen) atoms. The quantitative estimate of drug-likeness (QED) is 0.416. The van der Waals surface area contributed by atoms with E-state index in [1.165, 1.54) is 13.2 Å². The number of allylic oxidation sites excluding steroid dienone is 1. The Balaban J connectivity index is 1.86. The van der Waals surface area contributed by atoms with Crippen molar-refractivity contribution in [2.45, 2.75) is 57.5 Å². The first-order valence-corrected chi connectivity index (χ1v) is 10.1. The van der Waals surface area contributed by atoms with Crippen molar-refractivity contribution in [1.29, 1.82) is 0 Å². The molecule has 4 rings (SSSR count). The van der Waals surface area contributed by atoms with Gasteiger partial charge in [0.25, 0.3) is 0 Å². The Morgan fingerprint density at radius 3 is 2.73 bits per heavy atom. The van der Waals surface area contributed by atoms with E-state index in [1.54, 1.807) is 19.9 Å². The SMILES string of the molecule is C=C1C(=O)OC2C1C(OC(=O)C(C)=CC)C(OC(C)=O)C1=COC3(CO)CCC1C23. The molecule has 3 fully saturated rings. The lowest BCUT2D eigenvalue weighted by Gasteiger charge is -2.41. The van der Waals surface area contributed by atoms with Crippen molar-refractivity contribution in [2.24, 2.45) is 17.8 Å². The predicted octanol–water partition coefficient (Wildman–Crippen LogP) is 1.58. The topological polar surface area (TPSA) is 108 Å². The minimum absolute atomic E-state index is 0.145. The molecule has 0 radical (unpaired) electrons. The van der Waals surface area contributed by atoms with Crippen LogP contribution in [0.1, 0.15) is 33.6 Å². The van der Waals surface area contributed by atoms with Gasteiger partial charge in [-0.05, 0) is 32.6 Å². The molecular weight excluding hydrogens is 392 g/mol. The van der Waals surface area contributed by atoms with Crippen LogP contribution < -0.4 is 0 Å². The minimum Gasteiger partial charge on any atom is -0.492 e. The van der Waals surface area contributed by atoms with Crippen LogP contribution >= 0.6 is 0 Å². The molecule has 0 aromatic rings. The molecule has 1 saturated heterocycles. The lowest BCUT2D eigenvalue weighted by molar-refractivity contribution is -0.166. The standard InChI is InChI=1S/C22H26O8/c1-5-10(2)20(25)30-19-15-11(3)21(26)29-18(15)16-13-6-7-22(16,9-23)27-8-14(13)17(19)28-12(4)24/h5,8,13,15-19,23H,3,6-7,9H2,1-2,4H3. The summed E-state index contributed by atoms with van der Waals surface area (Å²) >= 11 is 0. The summed E-state index contributed by atoms with van der Waals surface area (Å²) in [6.07, 6.45) is 1.71. The first-order chi connectivity index (χ1) is 14.2. The van der Waals surface area contributed by atoms with Crippen LogP contribution in [0.25, 0.3) is 0 Å². The van der Waals surface area contributed by atoms with E-state index in [0.29, 0.717) is 24.0 Å². The average Bonchev–Trinajstić information content (AvgIpc) is 3.13. The highest BCUT2D eigenvalue weighted by Gasteiger charge is 2.67. The zero-order chi connectivity index (χ0) is 21.8. The van der Waals surface area contributed by atoms with E-state index in [2.05, 4.69) is 6.58 Å². The lowest BCUT2D eigenvalue weighted by Crippen LogP contribution is -2.50. The van der Waals surface area contributed by atoms with Crippen LogP contribution in [-0.4, -0.2) is 53.5 Å². The number of carbonyl (C=O) groups is 3. The summed E-state index contributed by atoms with van der Waals surface area (Å²) in [6, 6.07) is 0. The van der Waals surface area contributed by atoms with Gasteiger partial charge >= 0.3 is 17.9 Å². The number of hydrogen-bond acceptors (Lipinski definition) is 8. The summed E-state index contributed by atoms with van der Waals surface area (Å²) < 4.78 is 23.1. The van der Waals surface area contributed by atoms with Gasteiger partial charge in [-0.3, -0.25) is 4.79 Å². The maximum atomic E-state index is 12.7.